The molecule has 12 heavy (non-hydrogen) atoms. The molecule has 0 N–H and O–H groups in total. The van der Waals surface area contributed by atoms with Crippen LogP contribution in [0, 0.1) is 3.57 Å². The van der Waals surface area contributed by atoms with Gasteiger partial charge in [-0.05, 0) is 62.6 Å². The number of rotatable bonds is 3. The van der Waals surface area contributed by atoms with Gasteiger partial charge in [0, 0.05) is 14.5 Å². The van der Waals surface area contributed by atoms with Crippen LogP contribution in [-0.2, 0) is 11.2 Å². The predicted molar refractivity (Wildman–Crippen MR) is 61.2 cm³/mol. The van der Waals surface area contributed by atoms with Crippen molar-refractivity contribution in [2.75, 3.05) is 0 Å². The number of aryl methyl sites for hydroxylation is 1. The normalized spacial score (nSPS) is 9.83. The highest BCUT2D eigenvalue weighted by Crippen LogP contribution is 2.20. The minimum atomic E-state index is 0.604. The van der Waals surface area contributed by atoms with Crippen LogP contribution in [0.25, 0.3) is 0 Å². The lowest BCUT2D eigenvalue weighted by atomic mass is 10.1. The molecule has 1 aromatic rings. The molecule has 3 heteroatoms. The van der Waals surface area contributed by atoms with Crippen LogP contribution in [0.15, 0.2) is 22.7 Å². The Kier molecular flexibility index (Phi) is 4.21. The van der Waals surface area contributed by atoms with Crippen LogP contribution < -0.4 is 0 Å². The van der Waals surface area contributed by atoms with Crippen molar-refractivity contribution in [2.24, 2.45) is 0 Å². The molecule has 0 atom stereocenters. The van der Waals surface area contributed by atoms with E-state index < -0.39 is 0 Å². The summed E-state index contributed by atoms with van der Waals surface area (Å²) in [4.78, 5) is 10.1. The molecule has 0 radical (unpaired) electrons. The van der Waals surface area contributed by atoms with Gasteiger partial charge in [-0.2, -0.15) is 0 Å². The zero-order chi connectivity index (χ0) is 8.97. The van der Waals surface area contributed by atoms with E-state index in [1.807, 2.05) is 6.07 Å². The van der Waals surface area contributed by atoms with Crippen molar-refractivity contribution in [3.63, 3.8) is 0 Å². The number of hydrogen-bond acceptors (Lipinski definition) is 1. The summed E-state index contributed by atoms with van der Waals surface area (Å²) in [5, 5.41) is 0. The van der Waals surface area contributed by atoms with Gasteiger partial charge in [-0.3, -0.25) is 0 Å². The Morgan fingerprint density at radius 2 is 2.25 bits per heavy atom. The summed E-state index contributed by atoms with van der Waals surface area (Å²) in [5.74, 6) is 0. The molecule has 0 spiro atoms. The SMILES string of the molecule is O=CCCc1ccc(I)c(Br)c1. The number of benzene rings is 1. The summed E-state index contributed by atoms with van der Waals surface area (Å²) < 4.78 is 2.30. The minimum Gasteiger partial charge on any atom is -0.303 e. The molecule has 0 unspecified atom stereocenters. The lowest BCUT2D eigenvalue weighted by molar-refractivity contribution is -0.107. The van der Waals surface area contributed by atoms with Crippen molar-refractivity contribution in [1.29, 1.82) is 0 Å². The second kappa shape index (κ2) is 4.97. The van der Waals surface area contributed by atoms with Crippen LogP contribution in [0.5, 0.6) is 0 Å². The van der Waals surface area contributed by atoms with Gasteiger partial charge in [0.05, 0.1) is 0 Å². The monoisotopic (exact) mass is 338 g/mol. The smallest absolute Gasteiger partial charge is 0.120 e. The predicted octanol–water partition coefficient (Wildman–Crippen LogP) is 3.19. The zero-order valence-electron chi connectivity index (χ0n) is 6.39. The highest BCUT2D eigenvalue weighted by Gasteiger charge is 1.97. The number of carbonyl (C=O) groups excluding carboxylic acids is 1. The molecule has 0 aliphatic heterocycles. The molecule has 0 fully saturated rings. The Morgan fingerprint density at radius 1 is 1.50 bits per heavy atom. The van der Waals surface area contributed by atoms with E-state index in [0.29, 0.717) is 6.42 Å². The summed E-state index contributed by atoms with van der Waals surface area (Å²) >= 11 is 5.70. The molecule has 0 amide bonds. The first kappa shape index (κ1) is 10.2. The number of carbonyl (C=O) groups is 1. The molecule has 0 saturated heterocycles. The lowest BCUT2D eigenvalue weighted by Gasteiger charge is -2.00. The maximum absolute atomic E-state index is 10.1. The molecule has 1 aromatic carbocycles. The third kappa shape index (κ3) is 2.86. The zero-order valence-corrected chi connectivity index (χ0v) is 10.1. The summed E-state index contributed by atoms with van der Waals surface area (Å²) in [7, 11) is 0. The topological polar surface area (TPSA) is 17.1 Å². The first-order valence-electron chi connectivity index (χ1n) is 3.61. The Labute approximate surface area is 93.8 Å². The quantitative estimate of drug-likeness (QED) is 0.611. The third-order valence-electron chi connectivity index (χ3n) is 1.53. The first-order chi connectivity index (χ1) is 5.74. The molecule has 0 bridgehead atoms. The Hall–Kier alpha value is 0.1000. The summed E-state index contributed by atoms with van der Waals surface area (Å²) in [6.07, 6.45) is 2.39. The molecule has 0 saturated carbocycles. The first-order valence-corrected chi connectivity index (χ1v) is 5.49. The maximum atomic E-state index is 10.1. The fourth-order valence-electron chi connectivity index (χ4n) is 0.921. The molecule has 0 heterocycles. The Bertz CT molecular complexity index is 286. The molecular weight excluding hydrogens is 331 g/mol. The van der Waals surface area contributed by atoms with Crippen molar-refractivity contribution < 1.29 is 4.79 Å². The highest BCUT2D eigenvalue weighted by molar-refractivity contribution is 14.1. The van der Waals surface area contributed by atoms with Crippen molar-refractivity contribution >= 4 is 44.8 Å². The molecule has 1 nitrogen and oxygen atoms in total. The van der Waals surface area contributed by atoms with Crippen LogP contribution in [0.3, 0.4) is 0 Å². The average Bonchev–Trinajstić information content (AvgIpc) is 2.07. The standard InChI is InChI=1S/C9H8BrIO/c10-8-6-7(2-1-5-12)3-4-9(8)11/h3-6H,1-2H2. The highest BCUT2D eigenvalue weighted by atomic mass is 127. The second-order valence-electron chi connectivity index (χ2n) is 2.45. The minimum absolute atomic E-state index is 0.604. The molecule has 1 rings (SSSR count). The summed E-state index contributed by atoms with van der Waals surface area (Å²) in [6.45, 7) is 0. The van der Waals surface area contributed by atoms with Gasteiger partial charge in [-0.25, -0.2) is 0 Å². The van der Waals surface area contributed by atoms with Gasteiger partial charge in [-0.1, -0.05) is 6.07 Å². The van der Waals surface area contributed by atoms with E-state index in [0.717, 1.165) is 17.2 Å². The van der Waals surface area contributed by atoms with E-state index in [1.165, 1.54) is 9.13 Å². The van der Waals surface area contributed by atoms with E-state index in [2.05, 4.69) is 50.7 Å². The van der Waals surface area contributed by atoms with E-state index in [1.54, 1.807) is 0 Å². The lowest BCUT2D eigenvalue weighted by Crippen LogP contribution is -1.86. The number of hydrogen-bond donors (Lipinski definition) is 0. The van der Waals surface area contributed by atoms with Crippen LogP contribution >= 0.6 is 38.5 Å². The van der Waals surface area contributed by atoms with E-state index in [9.17, 15) is 4.79 Å². The van der Waals surface area contributed by atoms with Gasteiger partial charge in [-0.15, -0.1) is 0 Å². The molecular formula is C9H8BrIO. The van der Waals surface area contributed by atoms with Gasteiger partial charge in [0.25, 0.3) is 0 Å². The average molecular weight is 339 g/mol. The van der Waals surface area contributed by atoms with Crippen LogP contribution in [-0.4, -0.2) is 6.29 Å². The second-order valence-corrected chi connectivity index (χ2v) is 4.47. The Balaban J connectivity index is 2.75. The maximum Gasteiger partial charge on any atom is 0.120 e. The van der Waals surface area contributed by atoms with Gasteiger partial charge in [0.15, 0.2) is 0 Å². The van der Waals surface area contributed by atoms with Gasteiger partial charge in [0.1, 0.15) is 6.29 Å². The van der Waals surface area contributed by atoms with Crippen molar-refractivity contribution in [1.82, 2.24) is 0 Å². The number of halogens is 2. The largest absolute Gasteiger partial charge is 0.303 e. The van der Waals surface area contributed by atoms with Gasteiger partial charge >= 0.3 is 0 Å². The van der Waals surface area contributed by atoms with Crippen LogP contribution in [0.4, 0.5) is 0 Å². The van der Waals surface area contributed by atoms with E-state index >= 15 is 0 Å². The third-order valence-corrected chi connectivity index (χ3v) is 3.87. The summed E-state index contributed by atoms with van der Waals surface area (Å²) in [5.41, 5.74) is 1.20. The molecule has 0 aliphatic rings. The molecule has 0 aromatic heterocycles. The fourth-order valence-corrected chi connectivity index (χ4v) is 1.68. The van der Waals surface area contributed by atoms with E-state index in [-0.39, 0.29) is 0 Å². The fraction of sp³-hybridized carbons (Fsp3) is 0.222. The summed E-state index contributed by atoms with van der Waals surface area (Å²) in [6, 6.07) is 6.16. The van der Waals surface area contributed by atoms with Gasteiger partial charge in [0.2, 0.25) is 0 Å². The molecule has 0 aliphatic carbocycles. The van der Waals surface area contributed by atoms with Crippen molar-refractivity contribution in [3.05, 3.63) is 31.8 Å². The van der Waals surface area contributed by atoms with Crippen molar-refractivity contribution in [3.8, 4) is 0 Å². The van der Waals surface area contributed by atoms with Crippen LogP contribution in [0.2, 0.25) is 0 Å². The van der Waals surface area contributed by atoms with E-state index in [4.69, 9.17) is 0 Å². The molecule has 64 valence electrons. The number of aldehydes is 1. The van der Waals surface area contributed by atoms with Gasteiger partial charge < -0.3 is 4.79 Å². The Morgan fingerprint density at radius 3 is 2.83 bits per heavy atom. The van der Waals surface area contributed by atoms with Crippen LogP contribution in [0.1, 0.15) is 12.0 Å². The van der Waals surface area contributed by atoms with Crippen molar-refractivity contribution in [2.45, 2.75) is 12.8 Å².